The Morgan fingerprint density at radius 2 is 0.855 bits per heavy atom. The first kappa shape index (κ1) is 30.1. The van der Waals surface area contributed by atoms with Gasteiger partial charge in [-0.15, -0.1) is 0 Å². The van der Waals surface area contributed by atoms with E-state index in [0.717, 1.165) is 55.5 Å². The highest BCUT2D eigenvalue weighted by molar-refractivity contribution is 6.26. The van der Waals surface area contributed by atoms with Gasteiger partial charge in [-0.05, 0) is 69.1 Å². The topological polar surface area (TPSA) is 31.2 Å². The predicted molar refractivity (Wildman–Crippen MR) is 229 cm³/mol. The van der Waals surface area contributed by atoms with Gasteiger partial charge in [-0.2, -0.15) is 0 Å². The van der Waals surface area contributed by atoms with Crippen molar-refractivity contribution in [1.82, 2.24) is 4.57 Å². The van der Waals surface area contributed by atoms with Crippen LogP contribution in [0, 0.1) is 0 Å². The zero-order chi connectivity index (χ0) is 36.0. The van der Waals surface area contributed by atoms with E-state index in [-0.39, 0.29) is 0 Å². The van der Waals surface area contributed by atoms with E-state index in [1.165, 1.54) is 60.0 Å². The molecule has 12 aromatic rings. The number of fused-ring (bicyclic) bond motifs is 9. The fourth-order valence-electron chi connectivity index (χ4n) is 9.05. The van der Waals surface area contributed by atoms with Gasteiger partial charge in [0.1, 0.15) is 22.5 Å². The first-order chi connectivity index (χ1) is 27.3. The van der Waals surface area contributed by atoms with Crippen LogP contribution in [0.2, 0.25) is 0 Å². The Hall–Kier alpha value is -7.36. The van der Waals surface area contributed by atoms with Crippen molar-refractivity contribution in [2.45, 2.75) is 0 Å². The Balaban J connectivity index is 1.20. The summed E-state index contributed by atoms with van der Waals surface area (Å²) in [6.45, 7) is 0. The van der Waals surface area contributed by atoms with Crippen LogP contribution >= 0.6 is 0 Å². The molecule has 3 heteroatoms. The molecule has 0 fully saturated rings. The van der Waals surface area contributed by atoms with Gasteiger partial charge in [-0.3, -0.25) is 0 Å². The molecule has 3 heterocycles. The Bertz CT molecular complexity index is 3420. The van der Waals surface area contributed by atoms with E-state index < -0.39 is 0 Å². The molecule has 0 unspecified atom stereocenters. The van der Waals surface area contributed by atoms with E-state index in [1.54, 1.807) is 0 Å². The van der Waals surface area contributed by atoms with Crippen molar-refractivity contribution >= 4 is 76.3 Å². The molecule has 0 N–H and O–H groups in total. The molecule has 3 nitrogen and oxygen atoms in total. The van der Waals surface area contributed by atoms with Crippen LogP contribution in [0.1, 0.15) is 0 Å². The van der Waals surface area contributed by atoms with Gasteiger partial charge in [0.15, 0.2) is 0 Å². The SMILES string of the molecule is c1ccc(-c2oc3cc4oc5ccccc5c4cc3c2-c2c3ccccc3c(-c3ccc4c5ccccc5n(-c5ccccc5)c4c3)c3ccccc23)cc1. The molecule has 0 atom stereocenters. The minimum atomic E-state index is 0.803. The monoisotopic (exact) mass is 701 g/mol. The molecule has 0 saturated heterocycles. The smallest absolute Gasteiger partial charge is 0.143 e. The van der Waals surface area contributed by atoms with Crippen LogP contribution in [-0.2, 0) is 0 Å². The zero-order valence-corrected chi connectivity index (χ0v) is 29.7. The van der Waals surface area contributed by atoms with Gasteiger partial charge in [-0.25, -0.2) is 0 Å². The Morgan fingerprint density at radius 3 is 1.58 bits per heavy atom. The number of hydrogen-bond donors (Lipinski definition) is 0. The summed E-state index contributed by atoms with van der Waals surface area (Å²) in [5, 5.41) is 10.5. The summed E-state index contributed by atoms with van der Waals surface area (Å²) in [4.78, 5) is 0. The van der Waals surface area contributed by atoms with Crippen LogP contribution in [0.3, 0.4) is 0 Å². The molecule has 12 rings (SSSR count). The van der Waals surface area contributed by atoms with Gasteiger partial charge >= 0.3 is 0 Å². The van der Waals surface area contributed by atoms with Gasteiger partial charge in [-0.1, -0.05) is 146 Å². The normalized spacial score (nSPS) is 12.0. The third-order valence-corrected chi connectivity index (χ3v) is 11.4. The lowest BCUT2D eigenvalue weighted by Gasteiger charge is -2.18. The minimum Gasteiger partial charge on any atom is -0.456 e. The molecule has 0 bridgehead atoms. The number of para-hydroxylation sites is 3. The summed E-state index contributed by atoms with van der Waals surface area (Å²) in [7, 11) is 0. The van der Waals surface area contributed by atoms with Crippen molar-refractivity contribution < 1.29 is 8.83 Å². The standard InChI is InChI=1S/C52H31NO2/c1-3-15-32(16-4-1)52-51(43-30-42-37-20-12-14-26-46(37)54-47(42)31-48(43)55-52)50-40-23-9-7-21-38(40)49(39-22-8-10-24-41(39)50)33-27-28-36-35-19-11-13-25-44(35)53(45(36)29-33)34-17-5-2-6-18-34/h1-31H. The molecule has 0 aliphatic heterocycles. The third kappa shape index (κ3) is 4.38. The summed E-state index contributed by atoms with van der Waals surface area (Å²) in [5.41, 5.74) is 11.7. The van der Waals surface area contributed by atoms with Gasteiger partial charge in [0.05, 0.1) is 11.0 Å². The maximum absolute atomic E-state index is 6.93. The number of hydrogen-bond acceptors (Lipinski definition) is 2. The average Bonchev–Trinajstić information content (AvgIpc) is 3.91. The fraction of sp³-hybridized carbons (Fsp3) is 0. The lowest BCUT2D eigenvalue weighted by molar-refractivity contribution is 0.629. The second kappa shape index (κ2) is 11.6. The lowest BCUT2D eigenvalue weighted by atomic mass is 9.84. The fourth-order valence-corrected chi connectivity index (χ4v) is 9.05. The average molecular weight is 702 g/mol. The second-order valence-electron chi connectivity index (χ2n) is 14.4. The summed E-state index contributed by atoms with van der Waals surface area (Å²) < 4.78 is 15.7. The van der Waals surface area contributed by atoms with Gasteiger partial charge in [0.25, 0.3) is 0 Å². The van der Waals surface area contributed by atoms with E-state index in [2.05, 4.69) is 180 Å². The first-order valence-corrected chi connectivity index (χ1v) is 18.8. The third-order valence-electron chi connectivity index (χ3n) is 11.4. The number of rotatable bonds is 4. The Labute approximate surface area is 315 Å². The molecular formula is C52H31NO2. The highest BCUT2D eigenvalue weighted by atomic mass is 16.3. The molecule has 0 amide bonds. The number of aromatic nitrogens is 1. The van der Waals surface area contributed by atoms with E-state index in [4.69, 9.17) is 8.83 Å². The van der Waals surface area contributed by atoms with Crippen molar-refractivity contribution in [3.05, 3.63) is 188 Å². The van der Waals surface area contributed by atoms with Crippen LogP contribution in [0.4, 0.5) is 0 Å². The highest BCUT2D eigenvalue weighted by Crippen LogP contribution is 2.51. The molecule has 9 aromatic carbocycles. The minimum absolute atomic E-state index is 0.803. The van der Waals surface area contributed by atoms with Crippen molar-refractivity contribution in [2.75, 3.05) is 0 Å². The Kier molecular flexibility index (Phi) is 6.34. The molecule has 55 heavy (non-hydrogen) atoms. The van der Waals surface area contributed by atoms with E-state index in [9.17, 15) is 0 Å². The molecule has 3 aromatic heterocycles. The summed E-state index contributed by atoms with van der Waals surface area (Å²) in [5.74, 6) is 0.851. The summed E-state index contributed by atoms with van der Waals surface area (Å²) in [6.07, 6.45) is 0. The van der Waals surface area contributed by atoms with Crippen LogP contribution in [-0.4, -0.2) is 4.57 Å². The van der Waals surface area contributed by atoms with Crippen molar-refractivity contribution in [3.8, 4) is 39.3 Å². The highest BCUT2D eigenvalue weighted by Gasteiger charge is 2.25. The second-order valence-corrected chi connectivity index (χ2v) is 14.4. The number of furan rings is 2. The molecule has 256 valence electrons. The van der Waals surface area contributed by atoms with E-state index in [1.807, 2.05) is 12.1 Å². The van der Waals surface area contributed by atoms with Gasteiger partial charge in [0, 0.05) is 55.4 Å². The van der Waals surface area contributed by atoms with Crippen molar-refractivity contribution in [3.63, 3.8) is 0 Å². The van der Waals surface area contributed by atoms with E-state index >= 15 is 0 Å². The molecule has 0 aliphatic rings. The summed E-state index contributed by atoms with van der Waals surface area (Å²) >= 11 is 0. The summed E-state index contributed by atoms with van der Waals surface area (Å²) in [6, 6.07) is 67.3. The molecule has 0 spiro atoms. The van der Waals surface area contributed by atoms with Crippen LogP contribution in [0.25, 0.3) is 116 Å². The maximum Gasteiger partial charge on any atom is 0.143 e. The maximum atomic E-state index is 6.93. The largest absolute Gasteiger partial charge is 0.456 e. The van der Waals surface area contributed by atoms with Gasteiger partial charge in [0.2, 0.25) is 0 Å². The Morgan fingerprint density at radius 1 is 0.291 bits per heavy atom. The van der Waals surface area contributed by atoms with Gasteiger partial charge < -0.3 is 13.4 Å². The number of benzene rings is 9. The quantitative estimate of drug-likeness (QED) is 0.171. The zero-order valence-electron chi connectivity index (χ0n) is 29.7. The van der Waals surface area contributed by atoms with Crippen LogP contribution in [0.15, 0.2) is 197 Å². The predicted octanol–water partition coefficient (Wildman–Crippen LogP) is 14.7. The number of nitrogens with zero attached hydrogens (tertiary/aromatic N) is 1. The van der Waals surface area contributed by atoms with Crippen LogP contribution < -0.4 is 0 Å². The molecule has 0 radical (unpaired) electrons. The molecule has 0 saturated carbocycles. The van der Waals surface area contributed by atoms with Crippen molar-refractivity contribution in [2.24, 2.45) is 0 Å². The molecular weight excluding hydrogens is 671 g/mol. The van der Waals surface area contributed by atoms with E-state index in [0.29, 0.717) is 0 Å². The van der Waals surface area contributed by atoms with Crippen molar-refractivity contribution in [1.29, 1.82) is 0 Å². The lowest BCUT2D eigenvalue weighted by Crippen LogP contribution is -1.94. The van der Waals surface area contributed by atoms with Crippen LogP contribution in [0.5, 0.6) is 0 Å². The molecule has 0 aliphatic carbocycles. The first-order valence-electron chi connectivity index (χ1n) is 18.8.